The molecule has 0 rings (SSSR count). The van der Waals surface area contributed by atoms with Gasteiger partial charge >= 0.3 is 26.8 Å². The van der Waals surface area contributed by atoms with Crippen LogP contribution in [0.2, 0.25) is 11.6 Å². The fraction of sp³-hybridized carbons (Fsp3) is 1.00. The predicted octanol–water partition coefficient (Wildman–Crippen LogP) is -1.02. The van der Waals surface area contributed by atoms with Gasteiger partial charge in [0.2, 0.25) is 10.1 Å². The van der Waals surface area contributed by atoms with E-state index in [0.29, 0.717) is 0 Å². The zero-order chi connectivity index (χ0) is 7.91. The summed E-state index contributed by atoms with van der Waals surface area (Å²) < 4.78 is 26.0. The first-order valence-electron chi connectivity index (χ1n) is 2.25. The Labute approximate surface area is 61.4 Å². The Balaban J connectivity index is 0. The van der Waals surface area contributed by atoms with Gasteiger partial charge in [-0.25, -0.2) is 8.42 Å². The quantitative estimate of drug-likeness (QED) is 0.401. The van der Waals surface area contributed by atoms with Crippen LogP contribution in [0.25, 0.3) is 0 Å². The molecule has 9 heavy (non-hydrogen) atoms. The van der Waals surface area contributed by atoms with Gasteiger partial charge in [-0.3, -0.25) is 4.55 Å². The molecule has 0 aliphatic rings. The van der Waals surface area contributed by atoms with Gasteiger partial charge < -0.3 is 5.11 Å². The normalized spacial score (nSPS) is 8.89. The molecule has 0 aliphatic carbocycles. The molecule has 0 aromatic carbocycles. The molecule has 0 aliphatic heterocycles. The predicted molar refractivity (Wildman–Crippen MR) is 33.9 cm³/mol. The van der Waals surface area contributed by atoms with E-state index < -0.39 is 16.1 Å². The molecule has 6 heteroatoms. The van der Waals surface area contributed by atoms with Crippen molar-refractivity contribution in [3.63, 3.8) is 0 Å². The minimum atomic E-state index is -4.22. The molecule has 0 saturated carbocycles. The molecule has 0 heterocycles. The summed E-state index contributed by atoms with van der Waals surface area (Å²) in [6.07, 6.45) is 0. The Bertz CT molecular complexity index is 129. The van der Waals surface area contributed by atoms with Crippen LogP contribution in [-0.4, -0.2) is 34.1 Å². The third kappa shape index (κ3) is 29.8. The van der Waals surface area contributed by atoms with Crippen molar-refractivity contribution in [1.29, 1.82) is 0 Å². The summed E-state index contributed by atoms with van der Waals surface area (Å²) in [5.74, 6) is 2.97. The van der Waals surface area contributed by atoms with Crippen molar-refractivity contribution in [2.45, 2.75) is 11.6 Å². The van der Waals surface area contributed by atoms with Crippen LogP contribution in [0.15, 0.2) is 0 Å². The second kappa shape index (κ2) is 6.52. The summed E-state index contributed by atoms with van der Waals surface area (Å²) in [4.78, 5) is 0. The van der Waals surface area contributed by atoms with Gasteiger partial charge in [0.25, 0.3) is 0 Å². The number of hydrogen-bond acceptors (Lipinski definition) is 3. The summed E-state index contributed by atoms with van der Waals surface area (Å²) in [6, 6.07) is 0. The maximum atomic E-state index is 9.24. The van der Waals surface area contributed by atoms with E-state index in [1.165, 1.54) is 0 Å². The van der Waals surface area contributed by atoms with Crippen molar-refractivity contribution in [1.82, 2.24) is 0 Å². The van der Waals surface area contributed by atoms with E-state index >= 15 is 0 Å². The average molecular weight is 168 g/mol. The first-order chi connectivity index (χ1) is 3.97. The second-order valence-electron chi connectivity index (χ2n) is 1.28. The summed E-state index contributed by atoms with van der Waals surface area (Å²) in [5, 5.41) is 9.11. The van der Waals surface area contributed by atoms with E-state index in [1.54, 1.807) is 0 Å². The van der Waals surface area contributed by atoms with Crippen LogP contribution in [0.1, 0.15) is 0 Å². The Kier molecular flexibility index (Phi) is 8.78. The molecule has 0 saturated heterocycles. The summed E-state index contributed by atoms with van der Waals surface area (Å²) >= 11 is 0.750. The molecule has 0 atom stereocenters. The summed E-state index contributed by atoms with van der Waals surface area (Å²) in [5.41, 5.74) is 0. The third-order valence-corrected chi connectivity index (χ3v) is 0.447. The number of rotatable bonds is 1. The van der Waals surface area contributed by atoms with E-state index in [2.05, 4.69) is 11.6 Å². The van der Waals surface area contributed by atoms with Gasteiger partial charge in [-0.05, 0) is 5.94 Å². The zero-order valence-electron chi connectivity index (χ0n) is 5.36. The Morgan fingerprint density at radius 3 is 1.67 bits per heavy atom. The molecule has 1 N–H and O–H groups in total. The monoisotopic (exact) mass is 168 g/mol. The Hall–Kier alpha value is 0.402. The molecule has 0 amide bonds. The van der Waals surface area contributed by atoms with Crippen molar-refractivity contribution in [2.75, 3.05) is 5.94 Å². The molecule has 0 spiro atoms. The van der Waals surface area contributed by atoms with E-state index in [0.717, 1.165) is 15.2 Å². The van der Waals surface area contributed by atoms with Crippen molar-refractivity contribution in [3.8, 4) is 0 Å². The molecular weight excluding hydrogens is 159 g/mol. The van der Waals surface area contributed by atoms with Crippen LogP contribution in [-0.2, 0) is 10.1 Å². The maximum absolute atomic E-state index is 9.24. The molecular formula is C3H9AlO4S. The summed E-state index contributed by atoms with van der Waals surface area (Å²) in [6.45, 7) is 0. The molecule has 54 valence electrons. The second-order valence-corrected chi connectivity index (χ2v) is 3.83. The molecule has 0 radical (unpaired) electrons. The molecule has 0 fully saturated rings. The topological polar surface area (TPSA) is 77.4 Å². The zero-order valence-corrected chi connectivity index (χ0v) is 7.34. The first kappa shape index (κ1) is 12.1. The van der Waals surface area contributed by atoms with Crippen LogP contribution in [0.4, 0.5) is 0 Å². The number of hydrogen-bond donors (Lipinski definition) is 1. The van der Waals surface area contributed by atoms with Crippen LogP contribution in [0.3, 0.4) is 0 Å². The Morgan fingerprint density at radius 2 is 1.67 bits per heavy atom. The molecule has 0 aromatic rings. The minimum absolute atomic E-state index is 0.750. The van der Waals surface area contributed by atoms with Crippen molar-refractivity contribution >= 4 is 25.3 Å². The SMILES string of the molecule is O=S(=O)(O)C[O-].[CH3][Al+][CH3]. The van der Waals surface area contributed by atoms with Crippen molar-refractivity contribution < 1.29 is 18.1 Å². The van der Waals surface area contributed by atoms with Crippen LogP contribution < -0.4 is 5.11 Å². The van der Waals surface area contributed by atoms with Crippen LogP contribution in [0.5, 0.6) is 0 Å². The Morgan fingerprint density at radius 1 is 1.56 bits per heavy atom. The first-order valence-corrected chi connectivity index (χ1v) is 6.17. The van der Waals surface area contributed by atoms with Gasteiger partial charge in [0, 0.05) is 0 Å². The third-order valence-electron chi connectivity index (χ3n) is 0.149. The van der Waals surface area contributed by atoms with E-state index in [-0.39, 0.29) is 0 Å². The molecule has 4 nitrogen and oxygen atoms in total. The van der Waals surface area contributed by atoms with Crippen LogP contribution >= 0.6 is 0 Å². The van der Waals surface area contributed by atoms with Crippen molar-refractivity contribution in [3.05, 3.63) is 0 Å². The van der Waals surface area contributed by atoms with Crippen molar-refractivity contribution in [2.24, 2.45) is 0 Å². The van der Waals surface area contributed by atoms with E-state index in [9.17, 15) is 8.42 Å². The van der Waals surface area contributed by atoms with Crippen LogP contribution in [0, 0.1) is 0 Å². The van der Waals surface area contributed by atoms with Gasteiger partial charge in [0.1, 0.15) is 0 Å². The molecule has 0 unspecified atom stereocenters. The standard InChI is InChI=1S/CH3O4S.2CH3.Al/c2-1-6(3,4)5;;;/h1H2,(H,3,4,5);2*1H3;/q-1;;;+1. The van der Waals surface area contributed by atoms with E-state index in [4.69, 9.17) is 9.66 Å². The van der Waals surface area contributed by atoms with E-state index in [1.807, 2.05) is 0 Å². The van der Waals surface area contributed by atoms with Gasteiger partial charge in [-0.2, -0.15) is 0 Å². The fourth-order valence-electron chi connectivity index (χ4n) is 0. The van der Waals surface area contributed by atoms with Gasteiger partial charge in [-0.15, -0.1) is 0 Å². The average Bonchev–Trinajstić information content (AvgIpc) is 1.67. The van der Waals surface area contributed by atoms with Gasteiger partial charge in [0.15, 0.2) is 0 Å². The summed E-state index contributed by atoms with van der Waals surface area (Å²) in [7, 11) is -4.22. The molecule has 0 aromatic heterocycles. The van der Waals surface area contributed by atoms with Gasteiger partial charge in [0.05, 0.1) is 0 Å². The fourth-order valence-corrected chi connectivity index (χ4v) is 0. The van der Waals surface area contributed by atoms with Gasteiger partial charge in [-0.1, -0.05) is 0 Å². The molecule has 0 bridgehead atoms.